The highest BCUT2D eigenvalue weighted by Crippen LogP contribution is 2.26. The standard InChI is InChI=1S/C20H20Cl2N4O3/c1-12-4-2-3-5-15(12)25-20(29)26-9-8-23-19(28)17(26)11-18(27)24-16-10-13(21)6-7-14(16)22/h2-7,10,17H,8-9,11H2,1H3,(H,23,28)(H,24,27)(H,25,29)/t17-/m1/s1. The molecule has 0 aromatic heterocycles. The molecule has 0 unspecified atom stereocenters. The van der Waals surface area contributed by atoms with Gasteiger partial charge in [0.2, 0.25) is 11.8 Å². The van der Waals surface area contributed by atoms with Gasteiger partial charge < -0.3 is 20.9 Å². The fraction of sp³-hybridized carbons (Fsp3) is 0.250. The first kappa shape index (κ1) is 21.0. The number of rotatable bonds is 4. The smallest absolute Gasteiger partial charge is 0.322 e. The third-order valence-electron chi connectivity index (χ3n) is 4.56. The lowest BCUT2D eigenvalue weighted by Gasteiger charge is -2.34. The molecule has 1 fully saturated rings. The molecule has 4 amide bonds. The number of hydrogen-bond acceptors (Lipinski definition) is 3. The fourth-order valence-electron chi connectivity index (χ4n) is 3.03. The number of nitrogens with one attached hydrogen (secondary N) is 3. The number of para-hydroxylation sites is 1. The molecule has 0 radical (unpaired) electrons. The van der Waals surface area contributed by atoms with E-state index in [4.69, 9.17) is 23.2 Å². The largest absolute Gasteiger partial charge is 0.353 e. The fourth-order valence-corrected chi connectivity index (χ4v) is 3.37. The molecule has 3 rings (SSSR count). The van der Waals surface area contributed by atoms with E-state index in [-0.39, 0.29) is 12.3 Å². The van der Waals surface area contributed by atoms with E-state index in [1.54, 1.807) is 18.2 Å². The van der Waals surface area contributed by atoms with Gasteiger partial charge in [0.1, 0.15) is 6.04 Å². The maximum absolute atomic E-state index is 12.8. The summed E-state index contributed by atoms with van der Waals surface area (Å²) in [6, 6.07) is 10.6. The predicted octanol–water partition coefficient (Wildman–Crippen LogP) is 3.66. The number of carbonyl (C=O) groups excluding carboxylic acids is 3. The van der Waals surface area contributed by atoms with Crippen molar-refractivity contribution in [3.8, 4) is 0 Å². The summed E-state index contributed by atoms with van der Waals surface area (Å²) in [4.78, 5) is 39.0. The molecule has 9 heteroatoms. The van der Waals surface area contributed by atoms with E-state index in [9.17, 15) is 14.4 Å². The van der Waals surface area contributed by atoms with Crippen LogP contribution in [0.25, 0.3) is 0 Å². The van der Waals surface area contributed by atoms with Crippen molar-refractivity contribution in [2.75, 3.05) is 23.7 Å². The average molecular weight is 435 g/mol. The van der Waals surface area contributed by atoms with E-state index in [2.05, 4.69) is 16.0 Å². The maximum Gasteiger partial charge on any atom is 0.322 e. The number of nitrogens with zero attached hydrogens (tertiary/aromatic N) is 1. The van der Waals surface area contributed by atoms with Crippen molar-refractivity contribution in [3.63, 3.8) is 0 Å². The molecule has 7 nitrogen and oxygen atoms in total. The number of benzene rings is 2. The summed E-state index contributed by atoms with van der Waals surface area (Å²) < 4.78 is 0. The molecule has 1 aliphatic heterocycles. The number of hydrogen-bond donors (Lipinski definition) is 3. The van der Waals surface area contributed by atoms with Gasteiger partial charge in [-0.05, 0) is 36.8 Å². The molecule has 1 heterocycles. The highest BCUT2D eigenvalue weighted by Gasteiger charge is 2.35. The van der Waals surface area contributed by atoms with Crippen LogP contribution in [0, 0.1) is 6.92 Å². The third-order valence-corrected chi connectivity index (χ3v) is 5.12. The number of amides is 4. The van der Waals surface area contributed by atoms with E-state index in [1.807, 2.05) is 25.1 Å². The molecule has 0 spiro atoms. The molecule has 152 valence electrons. The summed E-state index contributed by atoms with van der Waals surface area (Å²) in [6.45, 7) is 2.48. The molecule has 0 aliphatic carbocycles. The third kappa shape index (κ3) is 5.19. The summed E-state index contributed by atoms with van der Waals surface area (Å²) in [5.74, 6) is -0.839. The van der Waals surface area contributed by atoms with E-state index < -0.39 is 18.0 Å². The Kier molecular flexibility index (Phi) is 6.61. The molecule has 0 bridgehead atoms. The lowest BCUT2D eigenvalue weighted by atomic mass is 10.1. The predicted molar refractivity (Wildman–Crippen MR) is 113 cm³/mol. The van der Waals surface area contributed by atoms with Gasteiger partial charge in [-0.1, -0.05) is 41.4 Å². The average Bonchev–Trinajstić information content (AvgIpc) is 2.68. The van der Waals surface area contributed by atoms with Gasteiger partial charge in [-0.2, -0.15) is 0 Å². The van der Waals surface area contributed by atoms with E-state index in [1.165, 1.54) is 11.0 Å². The van der Waals surface area contributed by atoms with E-state index in [0.29, 0.717) is 34.5 Å². The topological polar surface area (TPSA) is 90.5 Å². The van der Waals surface area contributed by atoms with Gasteiger partial charge in [0.05, 0.1) is 17.1 Å². The second-order valence-electron chi connectivity index (χ2n) is 6.62. The molecule has 3 N–H and O–H groups in total. The number of urea groups is 1. The van der Waals surface area contributed by atoms with Crippen molar-refractivity contribution >= 4 is 52.4 Å². The highest BCUT2D eigenvalue weighted by atomic mass is 35.5. The minimum atomic E-state index is -0.939. The first-order valence-corrected chi connectivity index (χ1v) is 9.76. The summed E-state index contributed by atoms with van der Waals surface area (Å²) in [5, 5.41) is 8.88. The quantitative estimate of drug-likeness (QED) is 0.685. The molecular formula is C20H20Cl2N4O3. The zero-order valence-corrected chi connectivity index (χ0v) is 17.2. The van der Waals surface area contributed by atoms with Gasteiger partial charge >= 0.3 is 6.03 Å². The zero-order valence-electron chi connectivity index (χ0n) is 15.7. The summed E-state index contributed by atoms with van der Waals surface area (Å²) in [7, 11) is 0. The molecule has 2 aromatic rings. The second-order valence-corrected chi connectivity index (χ2v) is 7.47. The normalized spacial score (nSPS) is 16.2. The molecule has 29 heavy (non-hydrogen) atoms. The lowest BCUT2D eigenvalue weighted by molar-refractivity contribution is -0.130. The minimum Gasteiger partial charge on any atom is -0.353 e. The van der Waals surface area contributed by atoms with Crippen LogP contribution < -0.4 is 16.0 Å². The molecule has 1 aliphatic rings. The van der Waals surface area contributed by atoms with Crippen molar-refractivity contribution < 1.29 is 14.4 Å². The van der Waals surface area contributed by atoms with Crippen LogP contribution >= 0.6 is 23.2 Å². The number of halogens is 2. The van der Waals surface area contributed by atoms with Crippen LogP contribution in [0.5, 0.6) is 0 Å². The van der Waals surface area contributed by atoms with E-state index >= 15 is 0 Å². The number of piperazine rings is 1. The van der Waals surface area contributed by atoms with Gasteiger partial charge in [-0.3, -0.25) is 9.59 Å². The van der Waals surface area contributed by atoms with Gasteiger partial charge in [0.25, 0.3) is 0 Å². The Bertz CT molecular complexity index is 951. The van der Waals surface area contributed by atoms with Crippen molar-refractivity contribution in [1.29, 1.82) is 0 Å². The lowest BCUT2D eigenvalue weighted by Crippen LogP contribution is -2.59. The van der Waals surface area contributed by atoms with Gasteiger partial charge in [-0.25, -0.2) is 4.79 Å². The number of aryl methyl sites for hydroxylation is 1. The molecule has 1 saturated heterocycles. The van der Waals surface area contributed by atoms with Crippen LogP contribution in [0.1, 0.15) is 12.0 Å². The van der Waals surface area contributed by atoms with E-state index in [0.717, 1.165) is 5.56 Å². The van der Waals surface area contributed by atoms with Crippen LogP contribution in [-0.2, 0) is 9.59 Å². The van der Waals surface area contributed by atoms with Crippen LogP contribution in [0.15, 0.2) is 42.5 Å². The Morgan fingerprint density at radius 2 is 1.90 bits per heavy atom. The van der Waals surface area contributed by atoms with Gasteiger partial charge in [-0.15, -0.1) is 0 Å². The SMILES string of the molecule is Cc1ccccc1NC(=O)N1CCNC(=O)[C@H]1CC(=O)Nc1cc(Cl)ccc1Cl. The monoisotopic (exact) mass is 434 g/mol. The number of anilines is 2. The summed E-state index contributed by atoms with van der Waals surface area (Å²) >= 11 is 12.0. The Labute approximate surface area is 178 Å². The van der Waals surface area contributed by atoms with Crippen molar-refractivity contribution in [2.24, 2.45) is 0 Å². The van der Waals surface area contributed by atoms with Crippen LogP contribution in [-0.4, -0.2) is 41.9 Å². The maximum atomic E-state index is 12.8. The summed E-state index contributed by atoms with van der Waals surface area (Å²) in [5.41, 5.74) is 1.89. The Morgan fingerprint density at radius 1 is 1.14 bits per heavy atom. The Morgan fingerprint density at radius 3 is 2.66 bits per heavy atom. The molecule has 2 aromatic carbocycles. The first-order chi connectivity index (χ1) is 13.8. The Balaban J connectivity index is 1.71. The first-order valence-electron chi connectivity index (χ1n) is 9.01. The molecule has 1 atom stereocenters. The van der Waals surface area contributed by atoms with Crippen molar-refractivity contribution in [1.82, 2.24) is 10.2 Å². The zero-order chi connectivity index (χ0) is 21.0. The molecule has 0 saturated carbocycles. The second kappa shape index (κ2) is 9.15. The van der Waals surface area contributed by atoms with Crippen LogP contribution in [0.2, 0.25) is 10.0 Å². The van der Waals surface area contributed by atoms with Crippen molar-refractivity contribution in [3.05, 3.63) is 58.1 Å². The summed E-state index contributed by atoms with van der Waals surface area (Å²) in [6.07, 6.45) is -0.212. The van der Waals surface area contributed by atoms with Gasteiger partial charge in [0.15, 0.2) is 0 Å². The Hall–Kier alpha value is -2.77. The van der Waals surface area contributed by atoms with Crippen LogP contribution in [0.3, 0.4) is 0 Å². The van der Waals surface area contributed by atoms with Gasteiger partial charge in [0, 0.05) is 23.8 Å². The van der Waals surface area contributed by atoms with Crippen molar-refractivity contribution in [2.45, 2.75) is 19.4 Å². The molecular weight excluding hydrogens is 415 g/mol. The number of carbonyl (C=O) groups is 3. The highest BCUT2D eigenvalue weighted by molar-refractivity contribution is 6.35. The minimum absolute atomic E-state index is 0.212. The van der Waals surface area contributed by atoms with Crippen LogP contribution in [0.4, 0.5) is 16.2 Å².